The van der Waals surface area contributed by atoms with Gasteiger partial charge < -0.3 is 14.4 Å². The number of hydrogen-bond donors (Lipinski definition) is 1. The highest BCUT2D eigenvalue weighted by molar-refractivity contribution is 7.99. The number of furan rings is 1. The maximum Gasteiger partial charge on any atom is 0.246 e. The van der Waals surface area contributed by atoms with Gasteiger partial charge in [-0.1, -0.05) is 12.1 Å². The minimum absolute atomic E-state index is 0.00133. The predicted molar refractivity (Wildman–Crippen MR) is 116 cm³/mol. The van der Waals surface area contributed by atoms with Crippen molar-refractivity contribution in [2.75, 3.05) is 31.9 Å². The molecule has 154 valence electrons. The second kappa shape index (κ2) is 9.20. The first-order valence-electron chi connectivity index (χ1n) is 10.3. The summed E-state index contributed by atoms with van der Waals surface area (Å²) in [5.41, 5.74) is 2.36. The van der Waals surface area contributed by atoms with Gasteiger partial charge in [-0.05, 0) is 60.9 Å². The van der Waals surface area contributed by atoms with Crippen LogP contribution < -0.4 is 0 Å². The van der Waals surface area contributed by atoms with Crippen molar-refractivity contribution in [3.8, 4) is 0 Å². The Morgan fingerprint density at radius 3 is 2.83 bits per heavy atom. The first-order chi connectivity index (χ1) is 14.1. The van der Waals surface area contributed by atoms with Gasteiger partial charge in [0.2, 0.25) is 5.91 Å². The first-order valence-corrected chi connectivity index (χ1v) is 11.3. The average Bonchev–Trinajstić information content (AvgIpc) is 3.30. The van der Waals surface area contributed by atoms with Crippen molar-refractivity contribution in [3.63, 3.8) is 0 Å². The fraction of sp³-hybridized carbons (Fsp3) is 0.435. The highest BCUT2D eigenvalue weighted by Crippen LogP contribution is 2.33. The number of aryl methyl sites for hydroxylation is 1. The molecular formula is C23H28N2O3S. The molecule has 1 amide bonds. The van der Waals surface area contributed by atoms with Crippen molar-refractivity contribution in [1.82, 2.24) is 9.80 Å². The molecule has 0 bridgehead atoms. The number of thioether (sulfide) groups is 1. The van der Waals surface area contributed by atoms with Crippen LogP contribution in [0.15, 0.2) is 52.0 Å². The molecule has 29 heavy (non-hydrogen) atoms. The highest BCUT2D eigenvalue weighted by atomic mass is 32.2. The Bertz CT molecular complexity index is 857. The van der Waals surface area contributed by atoms with Crippen molar-refractivity contribution >= 4 is 23.7 Å². The summed E-state index contributed by atoms with van der Waals surface area (Å²) in [6.45, 7) is 4.93. The predicted octanol–water partition coefficient (Wildman–Crippen LogP) is 3.60. The lowest BCUT2D eigenvalue weighted by atomic mass is 9.98. The molecule has 5 nitrogen and oxygen atoms in total. The van der Waals surface area contributed by atoms with Crippen LogP contribution in [0.4, 0.5) is 0 Å². The molecule has 0 spiro atoms. The van der Waals surface area contributed by atoms with Crippen LogP contribution in [0.3, 0.4) is 0 Å². The molecule has 0 aliphatic carbocycles. The monoisotopic (exact) mass is 412 g/mol. The molecule has 6 heteroatoms. The molecule has 2 atom stereocenters. The lowest BCUT2D eigenvalue weighted by molar-refractivity contribution is -0.128. The van der Waals surface area contributed by atoms with Gasteiger partial charge in [0.05, 0.1) is 12.4 Å². The summed E-state index contributed by atoms with van der Waals surface area (Å²) in [4.78, 5) is 17.9. The number of carbonyl (C=O) groups excluding carboxylic acids is 1. The molecule has 3 heterocycles. The van der Waals surface area contributed by atoms with Gasteiger partial charge in [0, 0.05) is 43.2 Å². The van der Waals surface area contributed by atoms with Gasteiger partial charge in [-0.2, -0.15) is 0 Å². The Hall–Kier alpha value is -2.02. The number of benzene rings is 1. The van der Waals surface area contributed by atoms with Crippen LogP contribution in [0.5, 0.6) is 0 Å². The molecule has 0 radical (unpaired) electrons. The Labute approximate surface area is 176 Å². The number of hydrogen-bond acceptors (Lipinski definition) is 5. The van der Waals surface area contributed by atoms with Crippen LogP contribution in [-0.4, -0.2) is 58.8 Å². The summed E-state index contributed by atoms with van der Waals surface area (Å²) in [6.07, 6.45) is 6.65. The highest BCUT2D eigenvalue weighted by Gasteiger charge is 2.28. The van der Waals surface area contributed by atoms with E-state index in [1.807, 2.05) is 22.7 Å². The van der Waals surface area contributed by atoms with E-state index in [0.717, 1.165) is 25.1 Å². The van der Waals surface area contributed by atoms with Crippen molar-refractivity contribution in [1.29, 1.82) is 0 Å². The molecule has 0 saturated carbocycles. The first kappa shape index (κ1) is 20.3. The number of piperazine rings is 1. The van der Waals surface area contributed by atoms with Crippen molar-refractivity contribution in [3.05, 3.63) is 59.6 Å². The quantitative estimate of drug-likeness (QED) is 0.761. The number of amides is 1. The minimum atomic E-state index is -0.520. The number of aliphatic hydroxyl groups excluding tert-OH is 1. The number of nitrogens with zero attached hydrogens (tertiary/aromatic N) is 2. The fourth-order valence-electron chi connectivity index (χ4n) is 4.04. The van der Waals surface area contributed by atoms with E-state index in [-0.39, 0.29) is 11.9 Å². The summed E-state index contributed by atoms with van der Waals surface area (Å²) >= 11 is 1.91. The van der Waals surface area contributed by atoms with Crippen LogP contribution in [0, 0.1) is 0 Å². The van der Waals surface area contributed by atoms with E-state index in [2.05, 4.69) is 30.0 Å². The van der Waals surface area contributed by atoms with Gasteiger partial charge in [0.25, 0.3) is 0 Å². The topological polar surface area (TPSA) is 56.9 Å². The third-order valence-electron chi connectivity index (χ3n) is 5.87. The minimum Gasteiger partial charge on any atom is -0.465 e. The molecule has 2 unspecified atom stereocenters. The second-order valence-corrected chi connectivity index (χ2v) is 8.85. The zero-order valence-corrected chi connectivity index (χ0v) is 17.6. The summed E-state index contributed by atoms with van der Waals surface area (Å²) in [6, 6.07) is 10.0. The molecule has 1 aromatic carbocycles. The van der Waals surface area contributed by atoms with Gasteiger partial charge in [0.15, 0.2) is 0 Å². The zero-order valence-electron chi connectivity index (χ0n) is 16.8. The Morgan fingerprint density at radius 1 is 1.24 bits per heavy atom. The normalized spacial score (nSPS) is 19.9. The van der Waals surface area contributed by atoms with Crippen molar-refractivity contribution in [2.45, 2.75) is 36.8 Å². The van der Waals surface area contributed by atoms with Crippen LogP contribution in [-0.2, 0) is 11.2 Å². The second-order valence-electron chi connectivity index (χ2n) is 7.71. The SMILES string of the molecule is CC(C(O)c1ccc2c(c1)CCCS2)N1CCN(C(=O)/C=C/c2ccco2)CC1. The van der Waals surface area contributed by atoms with Gasteiger partial charge >= 0.3 is 0 Å². The third-order valence-corrected chi connectivity index (χ3v) is 7.07. The van der Waals surface area contributed by atoms with E-state index in [1.54, 1.807) is 24.5 Å². The number of carbonyl (C=O) groups is 1. The summed E-state index contributed by atoms with van der Waals surface area (Å²) in [5, 5.41) is 11.0. The van der Waals surface area contributed by atoms with Crippen LogP contribution in [0.25, 0.3) is 6.08 Å². The van der Waals surface area contributed by atoms with E-state index < -0.39 is 6.10 Å². The maximum atomic E-state index is 12.4. The van der Waals surface area contributed by atoms with E-state index in [9.17, 15) is 9.90 Å². The maximum absolute atomic E-state index is 12.4. The van der Waals surface area contributed by atoms with E-state index in [0.29, 0.717) is 18.8 Å². The summed E-state index contributed by atoms with van der Waals surface area (Å²) in [5.74, 6) is 1.86. The fourth-order valence-corrected chi connectivity index (χ4v) is 5.06. The van der Waals surface area contributed by atoms with Gasteiger partial charge in [-0.3, -0.25) is 9.69 Å². The largest absolute Gasteiger partial charge is 0.465 e. The lowest BCUT2D eigenvalue weighted by Gasteiger charge is -2.39. The molecule has 2 aliphatic rings. The van der Waals surface area contributed by atoms with Gasteiger partial charge in [-0.25, -0.2) is 0 Å². The lowest BCUT2D eigenvalue weighted by Crippen LogP contribution is -2.52. The molecule has 2 aromatic rings. The van der Waals surface area contributed by atoms with Crippen LogP contribution in [0.2, 0.25) is 0 Å². The third kappa shape index (κ3) is 4.77. The molecule has 1 saturated heterocycles. The van der Waals surface area contributed by atoms with Gasteiger partial charge in [-0.15, -0.1) is 11.8 Å². The molecule has 2 aliphatic heterocycles. The Morgan fingerprint density at radius 2 is 2.07 bits per heavy atom. The zero-order chi connectivity index (χ0) is 20.2. The van der Waals surface area contributed by atoms with Gasteiger partial charge in [0.1, 0.15) is 5.76 Å². The smallest absolute Gasteiger partial charge is 0.246 e. The van der Waals surface area contributed by atoms with E-state index in [4.69, 9.17) is 4.42 Å². The number of rotatable bonds is 5. The molecule has 1 fully saturated rings. The summed E-state index contributed by atoms with van der Waals surface area (Å²) in [7, 11) is 0. The number of aliphatic hydroxyl groups is 1. The molecule has 1 N–H and O–H groups in total. The Kier molecular flexibility index (Phi) is 6.43. The molecule has 1 aromatic heterocycles. The standard InChI is InChI=1S/C23H28N2O3S/c1-17(23(27)19-6-8-21-18(16-19)4-3-15-29-21)24-10-12-25(13-11-24)22(26)9-7-20-5-2-14-28-20/h2,5-9,14,16-17,23,27H,3-4,10-13,15H2,1H3/b9-7+. The summed E-state index contributed by atoms with van der Waals surface area (Å²) < 4.78 is 5.23. The van der Waals surface area contributed by atoms with E-state index in [1.165, 1.54) is 22.6 Å². The van der Waals surface area contributed by atoms with Crippen molar-refractivity contribution < 1.29 is 14.3 Å². The number of fused-ring (bicyclic) bond motifs is 1. The van der Waals surface area contributed by atoms with Crippen LogP contribution >= 0.6 is 11.8 Å². The van der Waals surface area contributed by atoms with E-state index >= 15 is 0 Å². The Balaban J connectivity index is 1.32. The van der Waals surface area contributed by atoms with Crippen molar-refractivity contribution in [2.24, 2.45) is 0 Å². The average molecular weight is 413 g/mol. The molecular weight excluding hydrogens is 384 g/mol. The van der Waals surface area contributed by atoms with Crippen LogP contribution in [0.1, 0.15) is 36.3 Å². The molecule has 4 rings (SSSR count).